The van der Waals surface area contributed by atoms with Gasteiger partial charge in [0.2, 0.25) is 0 Å². The summed E-state index contributed by atoms with van der Waals surface area (Å²) >= 11 is 1.54. The SMILES string of the molecule is CCOc1cc(C=O)ccc1OCc1cncs1. The molecule has 0 fully saturated rings. The summed E-state index contributed by atoms with van der Waals surface area (Å²) in [5.74, 6) is 1.22. The highest BCUT2D eigenvalue weighted by atomic mass is 32.1. The molecular formula is C13H13NO3S. The lowest BCUT2D eigenvalue weighted by Gasteiger charge is -2.11. The fraction of sp³-hybridized carbons (Fsp3) is 0.231. The predicted octanol–water partition coefficient (Wildman–Crippen LogP) is 2.93. The number of benzene rings is 1. The maximum atomic E-state index is 10.7. The van der Waals surface area contributed by atoms with Crippen molar-refractivity contribution in [2.24, 2.45) is 0 Å². The number of carbonyl (C=O) groups is 1. The normalized spacial score (nSPS) is 10.1. The van der Waals surface area contributed by atoms with E-state index in [4.69, 9.17) is 9.47 Å². The minimum absolute atomic E-state index is 0.450. The Morgan fingerprint density at radius 2 is 2.22 bits per heavy atom. The number of hydrogen-bond donors (Lipinski definition) is 0. The van der Waals surface area contributed by atoms with E-state index in [0.717, 1.165) is 11.2 Å². The molecule has 2 aromatic rings. The summed E-state index contributed by atoms with van der Waals surface area (Å²) in [5.41, 5.74) is 2.33. The van der Waals surface area contributed by atoms with Crippen molar-refractivity contribution in [3.05, 3.63) is 40.3 Å². The van der Waals surface area contributed by atoms with E-state index < -0.39 is 0 Å². The summed E-state index contributed by atoms with van der Waals surface area (Å²) < 4.78 is 11.1. The van der Waals surface area contributed by atoms with Gasteiger partial charge in [-0.2, -0.15) is 0 Å². The monoisotopic (exact) mass is 263 g/mol. The Kier molecular flexibility index (Phi) is 4.30. The zero-order chi connectivity index (χ0) is 12.8. The van der Waals surface area contributed by atoms with Gasteiger partial charge >= 0.3 is 0 Å². The van der Waals surface area contributed by atoms with Gasteiger partial charge in [0.15, 0.2) is 11.5 Å². The van der Waals surface area contributed by atoms with Crippen LogP contribution in [0.15, 0.2) is 29.9 Å². The van der Waals surface area contributed by atoms with Gasteiger partial charge in [0, 0.05) is 11.8 Å². The van der Waals surface area contributed by atoms with Gasteiger partial charge in [-0.25, -0.2) is 0 Å². The standard InChI is InChI=1S/C13H13NO3S/c1-2-16-13-5-10(7-15)3-4-12(13)17-8-11-6-14-9-18-11/h3-7,9H,2,8H2,1H3. The first kappa shape index (κ1) is 12.6. The molecular weight excluding hydrogens is 250 g/mol. The van der Waals surface area contributed by atoms with Crippen molar-refractivity contribution in [1.82, 2.24) is 4.98 Å². The number of hydrogen-bond acceptors (Lipinski definition) is 5. The zero-order valence-electron chi connectivity index (χ0n) is 9.96. The van der Waals surface area contributed by atoms with Gasteiger partial charge < -0.3 is 9.47 Å². The van der Waals surface area contributed by atoms with E-state index in [1.54, 1.807) is 29.9 Å². The second kappa shape index (κ2) is 6.16. The predicted molar refractivity (Wildman–Crippen MR) is 69.4 cm³/mol. The van der Waals surface area contributed by atoms with Crippen LogP contribution in [0.1, 0.15) is 22.2 Å². The molecule has 0 unspecified atom stereocenters. The summed E-state index contributed by atoms with van der Waals surface area (Å²) in [7, 11) is 0. The van der Waals surface area contributed by atoms with E-state index in [2.05, 4.69) is 4.98 Å². The van der Waals surface area contributed by atoms with Crippen molar-refractivity contribution < 1.29 is 14.3 Å². The number of ether oxygens (including phenoxy) is 2. The Labute approximate surface area is 109 Å². The molecule has 0 aliphatic heterocycles. The Morgan fingerprint density at radius 1 is 1.33 bits per heavy atom. The van der Waals surface area contributed by atoms with Crippen LogP contribution in [0.5, 0.6) is 11.5 Å². The summed E-state index contributed by atoms with van der Waals surface area (Å²) in [6.07, 6.45) is 2.56. The van der Waals surface area contributed by atoms with Crippen LogP contribution in [0.4, 0.5) is 0 Å². The maximum Gasteiger partial charge on any atom is 0.161 e. The zero-order valence-corrected chi connectivity index (χ0v) is 10.8. The third-order valence-electron chi connectivity index (χ3n) is 2.26. The van der Waals surface area contributed by atoms with Gasteiger partial charge in [-0.1, -0.05) is 0 Å². The van der Waals surface area contributed by atoms with Crippen molar-refractivity contribution >= 4 is 17.6 Å². The second-order valence-electron chi connectivity index (χ2n) is 3.51. The van der Waals surface area contributed by atoms with Crippen LogP contribution in [0.3, 0.4) is 0 Å². The third-order valence-corrected chi connectivity index (χ3v) is 3.01. The van der Waals surface area contributed by atoms with Crippen molar-refractivity contribution in [2.45, 2.75) is 13.5 Å². The molecule has 0 radical (unpaired) electrons. The lowest BCUT2D eigenvalue weighted by molar-refractivity contribution is 0.112. The topological polar surface area (TPSA) is 48.4 Å². The van der Waals surface area contributed by atoms with Crippen molar-refractivity contribution in [3.63, 3.8) is 0 Å². The van der Waals surface area contributed by atoms with Gasteiger partial charge in [0.1, 0.15) is 12.9 Å². The largest absolute Gasteiger partial charge is 0.490 e. The fourth-order valence-corrected chi connectivity index (χ4v) is 1.95. The van der Waals surface area contributed by atoms with Gasteiger partial charge in [-0.3, -0.25) is 9.78 Å². The number of nitrogens with zero attached hydrogens (tertiary/aromatic N) is 1. The Balaban J connectivity index is 2.12. The summed E-state index contributed by atoms with van der Waals surface area (Å²) in [5, 5.41) is 0. The first-order valence-electron chi connectivity index (χ1n) is 5.55. The highest BCUT2D eigenvalue weighted by Gasteiger charge is 2.07. The van der Waals surface area contributed by atoms with Crippen molar-refractivity contribution in [2.75, 3.05) is 6.61 Å². The Morgan fingerprint density at radius 3 is 2.89 bits per heavy atom. The molecule has 1 heterocycles. The van der Waals surface area contributed by atoms with E-state index in [9.17, 15) is 4.79 Å². The van der Waals surface area contributed by atoms with Crippen LogP contribution in [-0.2, 0) is 6.61 Å². The van der Waals surface area contributed by atoms with E-state index in [0.29, 0.717) is 30.3 Å². The molecule has 1 aromatic heterocycles. The molecule has 1 aromatic carbocycles. The number of aldehydes is 1. The van der Waals surface area contributed by atoms with E-state index >= 15 is 0 Å². The van der Waals surface area contributed by atoms with Crippen molar-refractivity contribution in [1.29, 1.82) is 0 Å². The molecule has 0 saturated carbocycles. The fourth-order valence-electron chi connectivity index (χ4n) is 1.45. The van der Waals surface area contributed by atoms with Crippen LogP contribution >= 0.6 is 11.3 Å². The molecule has 0 amide bonds. The molecule has 4 nitrogen and oxygen atoms in total. The van der Waals surface area contributed by atoms with Crippen LogP contribution in [0.2, 0.25) is 0 Å². The first-order valence-corrected chi connectivity index (χ1v) is 6.43. The maximum absolute atomic E-state index is 10.7. The number of carbonyl (C=O) groups excluding carboxylic acids is 1. The molecule has 0 N–H and O–H groups in total. The van der Waals surface area contributed by atoms with Crippen LogP contribution in [0, 0.1) is 0 Å². The minimum Gasteiger partial charge on any atom is -0.490 e. The molecule has 18 heavy (non-hydrogen) atoms. The van der Waals surface area contributed by atoms with Gasteiger partial charge in [-0.05, 0) is 25.1 Å². The quantitative estimate of drug-likeness (QED) is 0.752. The average Bonchev–Trinajstić information content (AvgIpc) is 2.90. The van der Waals surface area contributed by atoms with Gasteiger partial charge in [-0.15, -0.1) is 11.3 Å². The van der Waals surface area contributed by atoms with Gasteiger partial charge in [0.25, 0.3) is 0 Å². The molecule has 0 aliphatic carbocycles. The highest BCUT2D eigenvalue weighted by Crippen LogP contribution is 2.29. The first-order chi connectivity index (χ1) is 8.83. The van der Waals surface area contributed by atoms with Gasteiger partial charge in [0.05, 0.1) is 17.0 Å². The molecule has 0 atom stereocenters. The Bertz CT molecular complexity index is 511. The second-order valence-corrected chi connectivity index (χ2v) is 4.48. The number of thiazole rings is 1. The van der Waals surface area contributed by atoms with Crippen LogP contribution in [0.25, 0.3) is 0 Å². The smallest absolute Gasteiger partial charge is 0.161 e. The molecule has 94 valence electrons. The molecule has 5 heteroatoms. The third kappa shape index (κ3) is 3.07. The summed E-state index contributed by atoms with van der Waals surface area (Å²) in [6.45, 7) is 2.87. The molecule has 0 saturated heterocycles. The van der Waals surface area contributed by atoms with E-state index in [1.807, 2.05) is 6.92 Å². The molecule has 2 rings (SSSR count). The van der Waals surface area contributed by atoms with Crippen molar-refractivity contribution in [3.8, 4) is 11.5 Å². The summed E-state index contributed by atoms with van der Waals surface area (Å²) in [6, 6.07) is 5.13. The van der Waals surface area contributed by atoms with E-state index in [1.165, 1.54) is 11.3 Å². The summed E-state index contributed by atoms with van der Waals surface area (Å²) in [4.78, 5) is 15.7. The minimum atomic E-state index is 0.450. The molecule has 0 bridgehead atoms. The lowest BCUT2D eigenvalue weighted by Crippen LogP contribution is -1.99. The highest BCUT2D eigenvalue weighted by molar-refractivity contribution is 7.09. The Hall–Kier alpha value is -1.88. The lowest BCUT2D eigenvalue weighted by atomic mass is 10.2. The molecule has 0 aliphatic rings. The average molecular weight is 263 g/mol. The number of aromatic nitrogens is 1. The van der Waals surface area contributed by atoms with Crippen LogP contribution < -0.4 is 9.47 Å². The molecule has 0 spiro atoms. The number of rotatable bonds is 6. The van der Waals surface area contributed by atoms with E-state index in [-0.39, 0.29) is 0 Å². The van der Waals surface area contributed by atoms with Crippen LogP contribution in [-0.4, -0.2) is 17.9 Å².